The number of ether oxygens (including phenoxy) is 2. The minimum Gasteiger partial charge on any atom is -0.463 e. The lowest BCUT2D eigenvalue weighted by molar-refractivity contribution is 0.0954. The third kappa shape index (κ3) is 4.16. The smallest absolute Gasteiger partial charge is 0.255 e. The molecule has 0 radical (unpaired) electrons. The highest BCUT2D eigenvalue weighted by Crippen LogP contribution is 2.35. The summed E-state index contributed by atoms with van der Waals surface area (Å²) in [6.07, 6.45) is 8.83. The summed E-state index contributed by atoms with van der Waals surface area (Å²) in [6, 6.07) is 14.8. The van der Waals surface area contributed by atoms with Crippen molar-refractivity contribution in [2.45, 2.75) is 6.42 Å². The SMILES string of the molecule is O=C(NCCc1cccnc1)c1cnn(-c2nccc(-c3ccc4c(c3)OCO4)n2)c1-c1ccco1. The van der Waals surface area contributed by atoms with Gasteiger partial charge in [0.2, 0.25) is 6.79 Å². The molecule has 5 heterocycles. The molecule has 0 saturated carbocycles. The summed E-state index contributed by atoms with van der Waals surface area (Å²) >= 11 is 0. The van der Waals surface area contributed by atoms with Gasteiger partial charge in [-0.25, -0.2) is 9.97 Å². The van der Waals surface area contributed by atoms with E-state index in [2.05, 4.69) is 20.4 Å². The third-order valence-corrected chi connectivity index (χ3v) is 5.69. The Hall–Kier alpha value is -4.99. The Balaban J connectivity index is 1.31. The number of carbonyl (C=O) groups is 1. The van der Waals surface area contributed by atoms with Gasteiger partial charge in [-0.15, -0.1) is 0 Å². The van der Waals surface area contributed by atoms with Gasteiger partial charge in [0.25, 0.3) is 11.9 Å². The maximum Gasteiger partial charge on any atom is 0.255 e. The molecule has 178 valence electrons. The summed E-state index contributed by atoms with van der Waals surface area (Å²) in [5.74, 6) is 1.85. The molecule has 1 aromatic carbocycles. The fourth-order valence-corrected chi connectivity index (χ4v) is 3.95. The minimum atomic E-state index is -0.275. The Morgan fingerprint density at radius 2 is 1.97 bits per heavy atom. The number of carbonyl (C=O) groups excluding carboxylic acids is 1. The van der Waals surface area contributed by atoms with Crippen LogP contribution in [0.1, 0.15) is 15.9 Å². The fraction of sp³-hybridized carbons (Fsp3) is 0.115. The molecule has 0 fully saturated rings. The van der Waals surface area contributed by atoms with Crippen LogP contribution in [0.5, 0.6) is 11.5 Å². The summed E-state index contributed by atoms with van der Waals surface area (Å²) in [4.78, 5) is 26.3. The lowest BCUT2D eigenvalue weighted by Crippen LogP contribution is -2.26. The lowest BCUT2D eigenvalue weighted by Gasteiger charge is -2.09. The Morgan fingerprint density at radius 3 is 2.83 bits per heavy atom. The zero-order chi connectivity index (χ0) is 24.3. The highest BCUT2D eigenvalue weighted by molar-refractivity contribution is 5.99. The number of pyridine rings is 1. The average molecular weight is 480 g/mol. The highest BCUT2D eigenvalue weighted by Gasteiger charge is 2.23. The van der Waals surface area contributed by atoms with Gasteiger partial charge in [-0.3, -0.25) is 9.78 Å². The molecule has 36 heavy (non-hydrogen) atoms. The molecule has 0 saturated heterocycles. The standard InChI is InChI=1S/C26H20N6O4/c33-25(28-10-7-17-3-1-9-27-14-17)19-15-30-32(24(19)22-4-2-12-34-22)26-29-11-8-20(31-26)18-5-6-21-23(13-18)36-16-35-21/h1-6,8-9,11-15H,7,10,16H2,(H,28,33). The van der Waals surface area contributed by atoms with Crippen molar-refractivity contribution < 1.29 is 18.7 Å². The monoisotopic (exact) mass is 480 g/mol. The second-order valence-electron chi connectivity index (χ2n) is 7.97. The number of hydrogen-bond donors (Lipinski definition) is 1. The van der Waals surface area contributed by atoms with E-state index >= 15 is 0 Å². The number of furan rings is 1. The van der Waals surface area contributed by atoms with Crippen LogP contribution in [0.2, 0.25) is 0 Å². The normalized spacial score (nSPS) is 12.0. The molecular formula is C26H20N6O4. The van der Waals surface area contributed by atoms with Crippen LogP contribution < -0.4 is 14.8 Å². The third-order valence-electron chi connectivity index (χ3n) is 5.69. The Morgan fingerprint density at radius 1 is 1.03 bits per heavy atom. The number of nitrogens with zero attached hydrogens (tertiary/aromatic N) is 5. The van der Waals surface area contributed by atoms with E-state index in [1.807, 2.05) is 30.3 Å². The molecular weight excluding hydrogens is 460 g/mol. The molecule has 0 spiro atoms. The van der Waals surface area contributed by atoms with Crippen LogP contribution in [-0.4, -0.2) is 44.0 Å². The molecule has 0 atom stereocenters. The van der Waals surface area contributed by atoms with Crippen molar-refractivity contribution in [3.8, 4) is 40.2 Å². The molecule has 0 unspecified atom stereocenters. The van der Waals surface area contributed by atoms with E-state index in [0.717, 1.165) is 11.1 Å². The van der Waals surface area contributed by atoms with Crippen LogP contribution >= 0.6 is 0 Å². The van der Waals surface area contributed by atoms with E-state index in [-0.39, 0.29) is 12.7 Å². The molecule has 10 nitrogen and oxygen atoms in total. The predicted molar refractivity (Wildman–Crippen MR) is 129 cm³/mol. The maximum atomic E-state index is 13.1. The zero-order valence-electron chi connectivity index (χ0n) is 19.0. The van der Waals surface area contributed by atoms with Crippen molar-refractivity contribution in [2.75, 3.05) is 13.3 Å². The number of nitrogens with one attached hydrogen (secondary N) is 1. The van der Waals surface area contributed by atoms with E-state index in [1.165, 1.54) is 10.9 Å². The van der Waals surface area contributed by atoms with Gasteiger partial charge in [-0.05, 0) is 54.4 Å². The number of rotatable bonds is 7. The fourth-order valence-electron chi connectivity index (χ4n) is 3.95. The second kappa shape index (κ2) is 9.34. The Labute approximate surface area is 205 Å². The van der Waals surface area contributed by atoms with E-state index in [9.17, 15) is 4.79 Å². The zero-order valence-corrected chi connectivity index (χ0v) is 19.0. The van der Waals surface area contributed by atoms with Crippen molar-refractivity contribution in [3.05, 3.63) is 90.7 Å². The Kier molecular flexibility index (Phi) is 5.59. The van der Waals surface area contributed by atoms with Crippen LogP contribution in [0, 0.1) is 0 Å². The van der Waals surface area contributed by atoms with Crippen LogP contribution in [0.25, 0.3) is 28.7 Å². The quantitative estimate of drug-likeness (QED) is 0.375. The van der Waals surface area contributed by atoms with Crippen molar-refractivity contribution in [3.63, 3.8) is 0 Å². The van der Waals surface area contributed by atoms with E-state index in [0.29, 0.717) is 53.1 Å². The first-order valence-corrected chi connectivity index (χ1v) is 11.3. The lowest BCUT2D eigenvalue weighted by atomic mass is 10.1. The van der Waals surface area contributed by atoms with Gasteiger partial charge in [0.1, 0.15) is 5.69 Å². The predicted octanol–water partition coefficient (Wildman–Crippen LogP) is 3.69. The first-order valence-electron chi connectivity index (χ1n) is 11.3. The van der Waals surface area contributed by atoms with Gasteiger partial charge in [0.05, 0.1) is 23.7 Å². The molecule has 1 amide bonds. The first-order chi connectivity index (χ1) is 17.8. The topological polar surface area (TPSA) is 117 Å². The molecule has 1 aliphatic rings. The van der Waals surface area contributed by atoms with Crippen LogP contribution in [0.15, 0.2) is 84.0 Å². The van der Waals surface area contributed by atoms with Gasteiger partial charge in [-0.1, -0.05) is 6.07 Å². The van der Waals surface area contributed by atoms with Crippen LogP contribution in [0.4, 0.5) is 0 Å². The summed E-state index contributed by atoms with van der Waals surface area (Å²) in [6.45, 7) is 0.643. The molecule has 5 aromatic rings. The van der Waals surface area contributed by atoms with E-state index in [4.69, 9.17) is 18.9 Å². The van der Waals surface area contributed by atoms with Crippen molar-refractivity contribution in [1.82, 2.24) is 30.0 Å². The summed E-state index contributed by atoms with van der Waals surface area (Å²) in [5.41, 5.74) is 3.35. The summed E-state index contributed by atoms with van der Waals surface area (Å²) in [7, 11) is 0. The van der Waals surface area contributed by atoms with Crippen molar-refractivity contribution in [2.24, 2.45) is 0 Å². The molecule has 1 aliphatic heterocycles. The molecule has 0 bridgehead atoms. The molecule has 1 N–H and O–H groups in total. The minimum absolute atomic E-state index is 0.195. The van der Waals surface area contributed by atoms with Crippen molar-refractivity contribution in [1.29, 1.82) is 0 Å². The highest BCUT2D eigenvalue weighted by atomic mass is 16.7. The van der Waals surface area contributed by atoms with Gasteiger partial charge in [0, 0.05) is 30.7 Å². The van der Waals surface area contributed by atoms with Crippen molar-refractivity contribution >= 4 is 5.91 Å². The molecule has 10 heteroatoms. The molecule has 6 rings (SSSR count). The number of benzene rings is 1. The maximum absolute atomic E-state index is 13.1. The van der Waals surface area contributed by atoms with Crippen LogP contribution in [0.3, 0.4) is 0 Å². The second-order valence-corrected chi connectivity index (χ2v) is 7.97. The number of hydrogen-bond acceptors (Lipinski definition) is 8. The van der Waals surface area contributed by atoms with E-state index < -0.39 is 0 Å². The van der Waals surface area contributed by atoms with E-state index in [1.54, 1.807) is 43.1 Å². The van der Waals surface area contributed by atoms with Gasteiger partial charge in [-0.2, -0.15) is 9.78 Å². The van der Waals surface area contributed by atoms with Gasteiger partial charge in [0.15, 0.2) is 17.3 Å². The largest absolute Gasteiger partial charge is 0.463 e. The first kappa shape index (κ1) is 21.5. The average Bonchev–Trinajstić information content (AvgIpc) is 3.69. The number of amides is 1. The number of aromatic nitrogens is 5. The van der Waals surface area contributed by atoms with Gasteiger partial charge < -0.3 is 19.2 Å². The molecule has 4 aromatic heterocycles. The molecule has 0 aliphatic carbocycles. The van der Waals surface area contributed by atoms with Crippen LogP contribution in [-0.2, 0) is 6.42 Å². The Bertz CT molecular complexity index is 1520. The summed E-state index contributed by atoms with van der Waals surface area (Å²) < 4.78 is 18.0. The summed E-state index contributed by atoms with van der Waals surface area (Å²) in [5, 5.41) is 7.39. The van der Waals surface area contributed by atoms with Gasteiger partial charge >= 0.3 is 0 Å². The number of fused-ring (bicyclic) bond motifs is 1.